The number of hydrogen-bond acceptors (Lipinski definition) is 6. The van der Waals surface area contributed by atoms with E-state index in [4.69, 9.17) is 5.73 Å². The van der Waals surface area contributed by atoms with E-state index in [2.05, 4.69) is 10.3 Å². The molecule has 1 aliphatic rings. The lowest BCUT2D eigenvalue weighted by Crippen LogP contribution is -2.41. The Hall–Kier alpha value is -2.07. The van der Waals surface area contributed by atoms with Crippen molar-refractivity contribution in [1.82, 2.24) is 15.0 Å². The number of hydrogen-bond donors (Lipinski definition) is 1. The van der Waals surface area contributed by atoms with Crippen molar-refractivity contribution in [2.45, 2.75) is 6.54 Å². The summed E-state index contributed by atoms with van der Waals surface area (Å²) in [6.07, 6.45) is 1.49. The molecule has 2 heterocycles. The summed E-state index contributed by atoms with van der Waals surface area (Å²) in [5, 5.41) is 7.53. The monoisotopic (exact) mass is 343 g/mol. The molecule has 0 spiro atoms. The van der Waals surface area contributed by atoms with Crippen LogP contribution in [-0.2, 0) is 16.4 Å². The topological polar surface area (TPSA) is 94.1 Å². The van der Waals surface area contributed by atoms with E-state index in [9.17, 15) is 17.2 Å². The Morgan fingerprint density at radius 1 is 1.17 bits per heavy atom. The first-order valence-electron chi connectivity index (χ1n) is 6.96. The van der Waals surface area contributed by atoms with Crippen molar-refractivity contribution < 1.29 is 17.2 Å². The maximum atomic E-state index is 14.3. The number of sulfone groups is 1. The smallest absolute Gasteiger partial charge is 0.153 e. The first-order valence-corrected chi connectivity index (χ1v) is 8.78. The molecular weight excluding hydrogens is 328 g/mol. The van der Waals surface area contributed by atoms with Crippen molar-refractivity contribution >= 4 is 15.5 Å². The van der Waals surface area contributed by atoms with E-state index in [0.717, 1.165) is 12.1 Å². The van der Waals surface area contributed by atoms with Gasteiger partial charge in [-0.25, -0.2) is 21.9 Å². The first-order chi connectivity index (χ1) is 10.9. The Morgan fingerprint density at radius 2 is 1.78 bits per heavy atom. The summed E-state index contributed by atoms with van der Waals surface area (Å²) in [7, 11) is -3.12. The summed E-state index contributed by atoms with van der Waals surface area (Å²) in [4.78, 5) is 1.40. The Balaban J connectivity index is 1.92. The molecule has 10 heteroatoms. The van der Waals surface area contributed by atoms with Crippen molar-refractivity contribution in [2.24, 2.45) is 5.73 Å². The van der Waals surface area contributed by atoms with E-state index < -0.39 is 21.5 Å². The normalized spacial score (nSPS) is 17.4. The van der Waals surface area contributed by atoms with Crippen LogP contribution in [0.15, 0.2) is 18.3 Å². The van der Waals surface area contributed by atoms with Gasteiger partial charge < -0.3 is 10.6 Å². The Morgan fingerprint density at radius 3 is 2.30 bits per heavy atom. The Kier molecular flexibility index (Phi) is 4.02. The number of aromatic nitrogens is 3. The molecule has 0 amide bonds. The molecule has 7 nitrogen and oxygen atoms in total. The molecule has 0 bridgehead atoms. The van der Waals surface area contributed by atoms with Crippen LogP contribution in [0, 0.1) is 11.6 Å². The summed E-state index contributed by atoms with van der Waals surface area (Å²) in [5.74, 6) is -1.78. The van der Waals surface area contributed by atoms with Gasteiger partial charge in [0.05, 0.1) is 29.1 Å². The van der Waals surface area contributed by atoms with Crippen molar-refractivity contribution in [3.63, 3.8) is 0 Å². The SMILES string of the molecule is NCc1cn(-c2cc(F)c(N3CCS(=O)(=O)CC3)c(F)c2)nn1. The summed E-state index contributed by atoms with van der Waals surface area (Å²) in [5.41, 5.74) is 5.88. The van der Waals surface area contributed by atoms with E-state index in [1.165, 1.54) is 15.8 Å². The van der Waals surface area contributed by atoms with Crippen LogP contribution in [0.4, 0.5) is 14.5 Å². The van der Waals surface area contributed by atoms with Crippen LogP contribution >= 0.6 is 0 Å². The fraction of sp³-hybridized carbons (Fsp3) is 0.385. The third-order valence-electron chi connectivity index (χ3n) is 3.68. The standard InChI is InChI=1S/C13H15F2N5O2S/c14-11-5-10(20-8-9(7-16)17-18-20)6-12(15)13(11)19-1-3-23(21,22)4-2-19/h5-6,8H,1-4,7,16H2. The largest absolute Gasteiger partial charge is 0.365 e. The van der Waals surface area contributed by atoms with Crippen molar-refractivity contribution in [2.75, 3.05) is 29.5 Å². The second-order valence-electron chi connectivity index (χ2n) is 5.26. The molecule has 0 aliphatic carbocycles. The molecule has 124 valence electrons. The first kappa shape index (κ1) is 15.8. The van der Waals surface area contributed by atoms with Crippen molar-refractivity contribution in [1.29, 1.82) is 0 Å². The predicted octanol–water partition coefficient (Wildman–Crippen LogP) is 0.239. The van der Waals surface area contributed by atoms with Crippen molar-refractivity contribution in [3.8, 4) is 5.69 Å². The van der Waals surface area contributed by atoms with Gasteiger partial charge in [0, 0.05) is 31.8 Å². The predicted molar refractivity (Wildman–Crippen MR) is 80.0 cm³/mol. The van der Waals surface area contributed by atoms with E-state index >= 15 is 0 Å². The maximum absolute atomic E-state index is 14.3. The van der Waals surface area contributed by atoms with Crippen LogP contribution in [0.1, 0.15) is 5.69 Å². The number of rotatable bonds is 3. The zero-order valence-corrected chi connectivity index (χ0v) is 12.9. The summed E-state index contributed by atoms with van der Waals surface area (Å²) in [6.45, 7) is 0.303. The quantitative estimate of drug-likeness (QED) is 0.858. The van der Waals surface area contributed by atoms with Crippen LogP contribution in [0.25, 0.3) is 5.69 Å². The molecule has 1 aromatic heterocycles. The number of anilines is 1. The molecule has 1 aromatic carbocycles. The third-order valence-corrected chi connectivity index (χ3v) is 5.29. The molecule has 0 atom stereocenters. The minimum absolute atomic E-state index is 0.0656. The number of nitrogens with two attached hydrogens (primary N) is 1. The fourth-order valence-electron chi connectivity index (χ4n) is 2.44. The zero-order chi connectivity index (χ0) is 16.6. The fourth-order valence-corrected chi connectivity index (χ4v) is 3.64. The lowest BCUT2D eigenvalue weighted by Gasteiger charge is -2.29. The van der Waals surface area contributed by atoms with Crippen LogP contribution in [0.5, 0.6) is 0 Å². The van der Waals surface area contributed by atoms with Gasteiger partial charge in [-0.1, -0.05) is 5.21 Å². The number of halogens is 2. The van der Waals surface area contributed by atoms with Gasteiger partial charge in [-0.15, -0.1) is 5.10 Å². The lowest BCUT2D eigenvalue weighted by molar-refractivity contribution is 0.559. The van der Waals surface area contributed by atoms with Crippen molar-refractivity contribution in [3.05, 3.63) is 35.7 Å². The van der Waals surface area contributed by atoms with Crippen LogP contribution in [0.2, 0.25) is 0 Å². The van der Waals surface area contributed by atoms with Crippen LogP contribution < -0.4 is 10.6 Å². The molecule has 2 N–H and O–H groups in total. The van der Waals surface area contributed by atoms with Crippen LogP contribution in [0.3, 0.4) is 0 Å². The lowest BCUT2D eigenvalue weighted by atomic mass is 10.2. The van der Waals surface area contributed by atoms with Gasteiger partial charge in [-0.3, -0.25) is 0 Å². The average Bonchev–Trinajstić information content (AvgIpc) is 2.97. The summed E-state index contributed by atoms with van der Waals surface area (Å²) >= 11 is 0. The molecular formula is C13H15F2N5O2S. The van der Waals surface area contributed by atoms with Gasteiger partial charge in [0.25, 0.3) is 0 Å². The van der Waals surface area contributed by atoms with E-state index in [0.29, 0.717) is 5.69 Å². The average molecular weight is 343 g/mol. The van der Waals surface area contributed by atoms with Gasteiger partial charge >= 0.3 is 0 Å². The van der Waals surface area contributed by atoms with Gasteiger partial charge in [0.15, 0.2) is 21.5 Å². The molecule has 23 heavy (non-hydrogen) atoms. The molecule has 2 aromatic rings. The highest BCUT2D eigenvalue weighted by Crippen LogP contribution is 2.27. The van der Waals surface area contributed by atoms with Crippen LogP contribution in [-0.4, -0.2) is 48.0 Å². The molecule has 0 saturated carbocycles. The van der Waals surface area contributed by atoms with E-state index in [1.807, 2.05) is 0 Å². The van der Waals surface area contributed by atoms with E-state index in [-0.39, 0.29) is 42.5 Å². The second-order valence-corrected chi connectivity index (χ2v) is 7.56. The summed E-state index contributed by atoms with van der Waals surface area (Å²) in [6, 6.07) is 2.27. The molecule has 0 radical (unpaired) electrons. The molecule has 1 aliphatic heterocycles. The zero-order valence-electron chi connectivity index (χ0n) is 12.1. The molecule has 0 unspecified atom stereocenters. The van der Waals surface area contributed by atoms with E-state index in [1.54, 1.807) is 0 Å². The second kappa shape index (κ2) is 5.85. The Labute approximate surface area is 131 Å². The van der Waals surface area contributed by atoms with Gasteiger partial charge in [0.2, 0.25) is 0 Å². The highest BCUT2D eigenvalue weighted by atomic mass is 32.2. The highest BCUT2D eigenvalue weighted by Gasteiger charge is 2.26. The molecule has 1 fully saturated rings. The number of benzene rings is 1. The highest BCUT2D eigenvalue weighted by molar-refractivity contribution is 7.91. The summed E-state index contributed by atoms with van der Waals surface area (Å²) < 4.78 is 52.8. The molecule has 1 saturated heterocycles. The third kappa shape index (κ3) is 3.17. The number of nitrogens with zero attached hydrogens (tertiary/aromatic N) is 4. The van der Waals surface area contributed by atoms with Gasteiger partial charge in [-0.05, 0) is 0 Å². The molecule has 3 rings (SSSR count). The minimum atomic E-state index is -3.12. The minimum Gasteiger partial charge on any atom is -0.365 e. The van der Waals surface area contributed by atoms with Gasteiger partial charge in [0.1, 0.15) is 5.69 Å². The Bertz CT molecular complexity index is 800. The van der Waals surface area contributed by atoms with Gasteiger partial charge in [-0.2, -0.15) is 0 Å². The maximum Gasteiger partial charge on any atom is 0.153 e.